The molecule has 2 aromatic heterocycles. The van der Waals surface area contributed by atoms with Crippen molar-refractivity contribution in [3.8, 4) is 0 Å². The number of pyridine rings is 1. The first-order valence-electron chi connectivity index (χ1n) is 4.88. The molecule has 5 heteroatoms. The molecule has 0 aliphatic rings. The van der Waals surface area contributed by atoms with Crippen molar-refractivity contribution >= 4 is 17.6 Å². The van der Waals surface area contributed by atoms with Crippen molar-refractivity contribution in [1.82, 2.24) is 14.6 Å². The summed E-state index contributed by atoms with van der Waals surface area (Å²) in [5.74, 6) is 0.543. The molecule has 0 unspecified atom stereocenters. The van der Waals surface area contributed by atoms with Gasteiger partial charge in [-0.05, 0) is 31.6 Å². The first-order chi connectivity index (χ1) is 7.54. The van der Waals surface area contributed by atoms with Crippen molar-refractivity contribution in [2.45, 2.75) is 13.8 Å². The molecule has 0 atom stereocenters. The number of nitrogens with zero attached hydrogens (tertiary/aromatic N) is 3. The molecule has 0 saturated carbocycles. The second-order valence-corrected chi connectivity index (χ2v) is 3.67. The van der Waals surface area contributed by atoms with E-state index in [0.717, 1.165) is 11.3 Å². The predicted molar refractivity (Wildman–Crippen MR) is 63.6 cm³/mol. The van der Waals surface area contributed by atoms with Crippen molar-refractivity contribution in [1.29, 1.82) is 5.41 Å². The third kappa shape index (κ3) is 1.37. The molecule has 2 aromatic rings. The molecular formula is C11H13N5. The van der Waals surface area contributed by atoms with Gasteiger partial charge in [0.25, 0.3) is 0 Å². The number of fused-ring (bicyclic) bond motifs is 1. The maximum atomic E-state index is 7.57. The number of rotatable bonds is 2. The van der Waals surface area contributed by atoms with Crippen LogP contribution in [-0.4, -0.2) is 20.4 Å². The maximum Gasteiger partial charge on any atom is 0.174 e. The fourth-order valence-corrected chi connectivity index (χ4v) is 1.78. The van der Waals surface area contributed by atoms with E-state index in [1.54, 1.807) is 10.6 Å². The van der Waals surface area contributed by atoms with E-state index in [1.165, 1.54) is 0 Å². The summed E-state index contributed by atoms with van der Waals surface area (Å²) < 4.78 is 1.68. The Kier molecular flexibility index (Phi) is 2.23. The SMILES string of the molecule is C=Cc1nc2c(C(=N)N)c(C)cc(C)n2n1. The Morgan fingerprint density at radius 3 is 2.81 bits per heavy atom. The first-order valence-corrected chi connectivity index (χ1v) is 4.88. The van der Waals surface area contributed by atoms with E-state index < -0.39 is 0 Å². The molecule has 5 nitrogen and oxygen atoms in total. The summed E-state index contributed by atoms with van der Waals surface area (Å²) in [7, 11) is 0. The highest BCUT2D eigenvalue weighted by Crippen LogP contribution is 2.16. The number of nitrogens with one attached hydrogen (secondary N) is 1. The average molecular weight is 215 g/mol. The summed E-state index contributed by atoms with van der Waals surface area (Å²) in [6.45, 7) is 7.47. The van der Waals surface area contributed by atoms with Crippen LogP contribution in [0.2, 0.25) is 0 Å². The van der Waals surface area contributed by atoms with Crippen molar-refractivity contribution in [2.75, 3.05) is 0 Å². The molecule has 2 rings (SSSR count). The molecule has 0 amide bonds. The van der Waals surface area contributed by atoms with Crippen LogP contribution in [0.15, 0.2) is 12.6 Å². The zero-order chi connectivity index (χ0) is 11.9. The second kappa shape index (κ2) is 3.44. The molecular weight excluding hydrogens is 202 g/mol. The van der Waals surface area contributed by atoms with Gasteiger partial charge in [-0.1, -0.05) is 6.58 Å². The van der Waals surface area contributed by atoms with E-state index in [9.17, 15) is 0 Å². The fraction of sp³-hybridized carbons (Fsp3) is 0.182. The van der Waals surface area contributed by atoms with Gasteiger partial charge >= 0.3 is 0 Å². The summed E-state index contributed by atoms with van der Waals surface area (Å²) in [6, 6.07) is 1.94. The molecule has 0 aliphatic carbocycles. The lowest BCUT2D eigenvalue weighted by molar-refractivity contribution is 0.904. The molecule has 0 radical (unpaired) electrons. The quantitative estimate of drug-likeness (QED) is 0.584. The highest BCUT2D eigenvalue weighted by atomic mass is 15.3. The van der Waals surface area contributed by atoms with E-state index in [2.05, 4.69) is 16.7 Å². The Balaban J connectivity index is 2.93. The molecule has 82 valence electrons. The number of nitrogens with two attached hydrogens (primary N) is 1. The molecule has 0 aromatic carbocycles. The Morgan fingerprint density at radius 1 is 1.56 bits per heavy atom. The van der Waals surface area contributed by atoms with E-state index >= 15 is 0 Å². The summed E-state index contributed by atoms with van der Waals surface area (Å²) in [6.07, 6.45) is 1.58. The number of aryl methyl sites for hydroxylation is 2. The van der Waals surface area contributed by atoms with E-state index in [1.807, 2.05) is 19.9 Å². The standard InChI is InChI=1S/C11H13N5/c1-4-8-14-11-9(10(12)13)6(2)5-7(3)16(11)15-8/h4-5H,1H2,2-3H3,(H3,12,13). The van der Waals surface area contributed by atoms with Crippen LogP contribution in [-0.2, 0) is 0 Å². The summed E-state index contributed by atoms with van der Waals surface area (Å²) in [4.78, 5) is 4.29. The van der Waals surface area contributed by atoms with Crippen molar-refractivity contribution < 1.29 is 0 Å². The molecule has 16 heavy (non-hydrogen) atoms. The molecule has 3 N–H and O–H groups in total. The minimum Gasteiger partial charge on any atom is -0.384 e. The highest BCUT2D eigenvalue weighted by Gasteiger charge is 2.13. The van der Waals surface area contributed by atoms with Crippen LogP contribution in [0.5, 0.6) is 0 Å². The third-order valence-corrected chi connectivity index (χ3v) is 2.45. The second-order valence-electron chi connectivity index (χ2n) is 3.67. The Labute approximate surface area is 93.1 Å². The zero-order valence-corrected chi connectivity index (χ0v) is 9.28. The molecule has 0 fully saturated rings. The summed E-state index contributed by atoms with van der Waals surface area (Å²) in [5.41, 5.74) is 8.69. The molecule has 0 bridgehead atoms. The maximum absolute atomic E-state index is 7.57. The minimum atomic E-state index is 0.00510. The lowest BCUT2D eigenvalue weighted by Gasteiger charge is -2.07. The minimum absolute atomic E-state index is 0.00510. The number of nitrogen functional groups attached to an aromatic ring is 1. The van der Waals surface area contributed by atoms with Crippen LogP contribution in [0, 0.1) is 19.3 Å². The lowest BCUT2D eigenvalue weighted by atomic mass is 10.1. The predicted octanol–water partition coefficient (Wildman–Crippen LogP) is 1.27. The first kappa shape index (κ1) is 10.4. The van der Waals surface area contributed by atoms with E-state index in [0.29, 0.717) is 17.0 Å². The van der Waals surface area contributed by atoms with Gasteiger partial charge in [0.05, 0.1) is 5.56 Å². The topological polar surface area (TPSA) is 80.1 Å². The largest absolute Gasteiger partial charge is 0.384 e. The van der Waals surface area contributed by atoms with Gasteiger partial charge in [0, 0.05) is 5.69 Å². The molecule has 0 saturated heterocycles. The van der Waals surface area contributed by atoms with Crippen LogP contribution >= 0.6 is 0 Å². The van der Waals surface area contributed by atoms with E-state index in [4.69, 9.17) is 11.1 Å². The molecule has 0 spiro atoms. The lowest BCUT2D eigenvalue weighted by Crippen LogP contribution is -2.15. The highest BCUT2D eigenvalue weighted by molar-refractivity contribution is 6.02. The Hall–Kier alpha value is -2.17. The normalized spacial score (nSPS) is 10.6. The number of aromatic nitrogens is 3. The third-order valence-electron chi connectivity index (χ3n) is 2.45. The Morgan fingerprint density at radius 2 is 2.25 bits per heavy atom. The average Bonchev–Trinajstić information content (AvgIpc) is 2.61. The van der Waals surface area contributed by atoms with Crippen molar-refractivity contribution in [3.05, 3.63) is 35.3 Å². The van der Waals surface area contributed by atoms with Crippen molar-refractivity contribution in [3.63, 3.8) is 0 Å². The van der Waals surface area contributed by atoms with Gasteiger partial charge in [0.2, 0.25) is 0 Å². The van der Waals surface area contributed by atoms with Crippen molar-refractivity contribution in [2.24, 2.45) is 5.73 Å². The zero-order valence-electron chi connectivity index (χ0n) is 9.28. The summed E-state index contributed by atoms with van der Waals surface area (Å²) >= 11 is 0. The number of amidine groups is 1. The monoisotopic (exact) mass is 215 g/mol. The van der Waals surface area contributed by atoms with Gasteiger partial charge in [-0.15, -0.1) is 5.10 Å². The van der Waals surface area contributed by atoms with Crippen LogP contribution < -0.4 is 5.73 Å². The van der Waals surface area contributed by atoms with Gasteiger partial charge in [-0.2, -0.15) is 0 Å². The Bertz CT molecular complexity index is 594. The number of hydrogen-bond donors (Lipinski definition) is 2. The van der Waals surface area contributed by atoms with Gasteiger partial charge in [0.1, 0.15) is 5.84 Å². The van der Waals surface area contributed by atoms with Gasteiger partial charge in [-0.3, -0.25) is 5.41 Å². The van der Waals surface area contributed by atoms with E-state index in [-0.39, 0.29) is 5.84 Å². The summed E-state index contributed by atoms with van der Waals surface area (Å²) in [5, 5.41) is 11.8. The van der Waals surface area contributed by atoms with Gasteiger partial charge in [-0.25, -0.2) is 9.50 Å². The fourth-order valence-electron chi connectivity index (χ4n) is 1.78. The molecule has 2 heterocycles. The van der Waals surface area contributed by atoms with Gasteiger partial charge in [0.15, 0.2) is 11.5 Å². The number of hydrogen-bond acceptors (Lipinski definition) is 3. The molecule has 0 aliphatic heterocycles. The van der Waals surface area contributed by atoms with Crippen LogP contribution in [0.25, 0.3) is 11.7 Å². The van der Waals surface area contributed by atoms with Crippen LogP contribution in [0.4, 0.5) is 0 Å². The van der Waals surface area contributed by atoms with Crippen LogP contribution in [0.3, 0.4) is 0 Å². The smallest absolute Gasteiger partial charge is 0.174 e. The van der Waals surface area contributed by atoms with Crippen LogP contribution in [0.1, 0.15) is 22.6 Å². The van der Waals surface area contributed by atoms with Gasteiger partial charge < -0.3 is 5.73 Å².